The summed E-state index contributed by atoms with van der Waals surface area (Å²) in [6.07, 6.45) is 1.94. The van der Waals surface area contributed by atoms with Crippen LogP contribution in [0.2, 0.25) is 5.02 Å². The normalized spacial score (nSPS) is 19.8. The summed E-state index contributed by atoms with van der Waals surface area (Å²) in [4.78, 5) is 12.9. The van der Waals surface area contributed by atoms with Crippen LogP contribution in [-0.2, 0) is 4.79 Å². The van der Waals surface area contributed by atoms with Gasteiger partial charge in [0.15, 0.2) is 5.82 Å². The van der Waals surface area contributed by atoms with E-state index in [0.29, 0.717) is 6.54 Å². The number of hydrogen-bond donors (Lipinski definition) is 0. The molecule has 1 atom stereocenters. The summed E-state index contributed by atoms with van der Waals surface area (Å²) in [5.41, 5.74) is 0.0192. The van der Waals surface area contributed by atoms with Gasteiger partial charge in [0.25, 0.3) is 0 Å². The zero-order valence-corrected chi connectivity index (χ0v) is 9.68. The molecule has 1 aromatic rings. The van der Waals surface area contributed by atoms with E-state index in [1.807, 2.05) is 0 Å². The lowest BCUT2D eigenvalue weighted by atomic mass is 10.1. The minimum Gasteiger partial charge on any atom is -0.309 e. The van der Waals surface area contributed by atoms with Gasteiger partial charge >= 0.3 is 0 Å². The van der Waals surface area contributed by atoms with Gasteiger partial charge < -0.3 is 4.90 Å². The second-order valence-electron chi connectivity index (χ2n) is 3.90. The molecular formula is C12H10ClF2NO. The Morgan fingerprint density at radius 3 is 2.76 bits per heavy atom. The molecule has 0 N–H and O–H groups in total. The van der Waals surface area contributed by atoms with E-state index in [1.165, 1.54) is 11.0 Å². The highest BCUT2D eigenvalue weighted by atomic mass is 35.5. The summed E-state index contributed by atoms with van der Waals surface area (Å²) in [5.74, 6) is -1.95. The molecule has 0 aliphatic carbocycles. The van der Waals surface area contributed by atoms with Gasteiger partial charge in [-0.3, -0.25) is 4.79 Å². The van der Waals surface area contributed by atoms with E-state index in [9.17, 15) is 13.6 Å². The van der Waals surface area contributed by atoms with Gasteiger partial charge in [-0.25, -0.2) is 8.78 Å². The Hall–Kier alpha value is -1.42. The molecule has 1 aliphatic heterocycles. The van der Waals surface area contributed by atoms with E-state index in [4.69, 9.17) is 11.6 Å². The van der Waals surface area contributed by atoms with Crippen LogP contribution in [0.5, 0.6) is 0 Å². The molecule has 1 saturated heterocycles. The standard InChI is InChI=1S/C12H10ClF2NO/c1-2-7-5-10(17)16(6-7)9-4-3-8(14)11(13)12(9)15/h2-4,7H,1,5-6H2. The third-order valence-electron chi connectivity index (χ3n) is 2.79. The Kier molecular flexibility index (Phi) is 3.15. The maximum Gasteiger partial charge on any atom is 0.227 e. The van der Waals surface area contributed by atoms with Crippen molar-refractivity contribution in [2.24, 2.45) is 5.92 Å². The van der Waals surface area contributed by atoms with Crippen LogP contribution in [0, 0.1) is 17.6 Å². The maximum atomic E-state index is 13.7. The van der Waals surface area contributed by atoms with E-state index in [1.54, 1.807) is 6.08 Å². The molecule has 2 nitrogen and oxygen atoms in total. The summed E-state index contributed by atoms with van der Waals surface area (Å²) >= 11 is 5.47. The van der Waals surface area contributed by atoms with Gasteiger partial charge in [-0.2, -0.15) is 0 Å². The number of amides is 1. The molecule has 0 bridgehead atoms. The Morgan fingerprint density at radius 1 is 1.47 bits per heavy atom. The van der Waals surface area contributed by atoms with E-state index >= 15 is 0 Å². The molecule has 0 saturated carbocycles. The number of benzene rings is 1. The number of anilines is 1. The largest absolute Gasteiger partial charge is 0.309 e. The van der Waals surface area contributed by atoms with Crippen molar-refractivity contribution in [3.05, 3.63) is 41.4 Å². The van der Waals surface area contributed by atoms with Gasteiger partial charge in [-0.05, 0) is 12.1 Å². The predicted molar refractivity (Wildman–Crippen MR) is 62.0 cm³/mol. The van der Waals surface area contributed by atoms with E-state index < -0.39 is 16.7 Å². The Balaban J connectivity index is 2.39. The third kappa shape index (κ3) is 2.05. The van der Waals surface area contributed by atoms with Crippen molar-refractivity contribution < 1.29 is 13.6 Å². The molecule has 1 unspecified atom stereocenters. The smallest absolute Gasteiger partial charge is 0.227 e. The fourth-order valence-electron chi connectivity index (χ4n) is 1.85. The first-order valence-corrected chi connectivity index (χ1v) is 5.48. The second kappa shape index (κ2) is 4.45. The van der Waals surface area contributed by atoms with Crippen LogP contribution in [0.25, 0.3) is 0 Å². The summed E-state index contributed by atoms with van der Waals surface area (Å²) in [6.45, 7) is 3.95. The molecule has 1 aromatic carbocycles. The number of carbonyl (C=O) groups is 1. The molecule has 90 valence electrons. The molecule has 5 heteroatoms. The van der Waals surface area contributed by atoms with Crippen molar-refractivity contribution in [2.75, 3.05) is 11.4 Å². The third-order valence-corrected chi connectivity index (χ3v) is 3.14. The molecule has 17 heavy (non-hydrogen) atoms. The summed E-state index contributed by atoms with van der Waals surface area (Å²) in [6, 6.07) is 2.27. The summed E-state index contributed by atoms with van der Waals surface area (Å²) in [7, 11) is 0. The minimum atomic E-state index is -0.898. The summed E-state index contributed by atoms with van der Waals surface area (Å²) < 4.78 is 26.7. The van der Waals surface area contributed by atoms with Crippen molar-refractivity contribution in [1.29, 1.82) is 0 Å². The lowest BCUT2D eigenvalue weighted by molar-refractivity contribution is -0.117. The molecule has 0 aromatic heterocycles. The average Bonchev–Trinajstić information content (AvgIpc) is 2.68. The monoisotopic (exact) mass is 257 g/mol. The van der Waals surface area contributed by atoms with Crippen LogP contribution in [0.4, 0.5) is 14.5 Å². The van der Waals surface area contributed by atoms with Crippen molar-refractivity contribution >= 4 is 23.2 Å². The van der Waals surface area contributed by atoms with Crippen LogP contribution in [0.3, 0.4) is 0 Å². The Bertz CT molecular complexity index is 490. The number of carbonyl (C=O) groups excluding carboxylic acids is 1. The van der Waals surface area contributed by atoms with Gasteiger partial charge in [0.1, 0.15) is 10.8 Å². The fraction of sp³-hybridized carbons (Fsp3) is 0.250. The van der Waals surface area contributed by atoms with Gasteiger partial charge in [0.05, 0.1) is 5.69 Å². The van der Waals surface area contributed by atoms with Gasteiger partial charge in [-0.1, -0.05) is 17.7 Å². The molecule has 1 amide bonds. The first-order valence-electron chi connectivity index (χ1n) is 5.11. The van der Waals surface area contributed by atoms with Crippen LogP contribution in [0.15, 0.2) is 24.8 Å². The van der Waals surface area contributed by atoms with Crippen molar-refractivity contribution in [1.82, 2.24) is 0 Å². The van der Waals surface area contributed by atoms with Crippen LogP contribution >= 0.6 is 11.6 Å². The lowest BCUT2D eigenvalue weighted by Crippen LogP contribution is -2.25. The number of nitrogens with zero attached hydrogens (tertiary/aromatic N) is 1. The zero-order valence-electron chi connectivity index (χ0n) is 8.92. The topological polar surface area (TPSA) is 20.3 Å². The molecule has 1 fully saturated rings. The minimum absolute atomic E-state index is 0.00858. The highest BCUT2D eigenvalue weighted by Crippen LogP contribution is 2.32. The quantitative estimate of drug-likeness (QED) is 0.589. The number of hydrogen-bond acceptors (Lipinski definition) is 1. The molecule has 1 heterocycles. The Morgan fingerprint density at radius 2 is 2.18 bits per heavy atom. The van der Waals surface area contributed by atoms with Crippen LogP contribution < -0.4 is 4.90 Å². The molecular weight excluding hydrogens is 248 g/mol. The van der Waals surface area contributed by atoms with Crippen molar-refractivity contribution in [3.8, 4) is 0 Å². The lowest BCUT2D eigenvalue weighted by Gasteiger charge is -2.17. The zero-order chi connectivity index (χ0) is 12.6. The SMILES string of the molecule is C=CC1CC(=O)N(c2ccc(F)c(Cl)c2F)C1. The van der Waals surface area contributed by atoms with Crippen molar-refractivity contribution in [3.63, 3.8) is 0 Å². The van der Waals surface area contributed by atoms with E-state index in [2.05, 4.69) is 6.58 Å². The number of rotatable bonds is 2. The van der Waals surface area contributed by atoms with Crippen LogP contribution in [0.1, 0.15) is 6.42 Å². The average molecular weight is 258 g/mol. The number of halogens is 3. The Labute approximate surface area is 102 Å². The fourth-order valence-corrected chi connectivity index (χ4v) is 2.01. The maximum absolute atomic E-state index is 13.7. The van der Waals surface area contributed by atoms with Gasteiger partial charge in [0.2, 0.25) is 5.91 Å². The highest BCUT2D eigenvalue weighted by Gasteiger charge is 2.31. The summed E-state index contributed by atoms with van der Waals surface area (Å²) in [5, 5.41) is -0.586. The van der Waals surface area contributed by atoms with E-state index in [-0.39, 0.29) is 23.9 Å². The first kappa shape index (κ1) is 12.0. The predicted octanol–water partition coefficient (Wildman–Crippen LogP) is 3.16. The van der Waals surface area contributed by atoms with Crippen molar-refractivity contribution in [2.45, 2.75) is 6.42 Å². The highest BCUT2D eigenvalue weighted by molar-refractivity contribution is 6.31. The molecule has 0 radical (unpaired) electrons. The van der Waals surface area contributed by atoms with Crippen LogP contribution in [-0.4, -0.2) is 12.5 Å². The second-order valence-corrected chi connectivity index (χ2v) is 4.28. The first-order chi connectivity index (χ1) is 8.04. The molecule has 0 spiro atoms. The van der Waals surface area contributed by atoms with E-state index in [0.717, 1.165) is 6.07 Å². The van der Waals surface area contributed by atoms with Gasteiger partial charge in [-0.15, -0.1) is 6.58 Å². The molecule has 1 aliphatic rings. The van der Waals surface area contributed by atoms with Gasteiger partial charge in [0, 0.05) is 18.9 Å². The molecule has 2 rings (SSSR count).